The molecule has 234 valence electrons. The van der Waals surface area contributed by atoms with Crippen molar-refractivity contribution in [2.45, 2.75) is 36.8 Å². The van der Waals surface area contributed by atoms with E-state index in [2.05, 4.69) is 32.8 Å². The van der Waals surface area contributed by atoms with Gasteiger partial charge in [-0.2, -0.15) is 15.2 Å². The molecule has 2 aromatic carbocycles. The summed E-state index contributed by atoms with van der Waals surface area (Å²) in [6.07, 6.45) is 4.34. The molecule has 4 saturated heterocycles. The summed E-state index contributed by atoms with van der Waals surface area (Å²) in [6, 6.07) is 6.50. The van der Waals surface area contributed by atoms with Crippen LogP contribution in [0.3, 0.4) is 0 Å². The van der Waals surface area contributed by atoms with Crippen molar-refractivity contribution in [3.63, 3.8) is 0 Å². The van der Waals surface area contributed by atoms with Gasteiger partial charge in [0.25, 0.3) is 0 Å². The van der Waals surface area contributed by atoms with Gasteiger partial charge in [-0.15, -0.1) is 11.3 Å². The number of ether oxygens (including phenoxy) is 2. The van der Waals surface area contributed by atoms with Crippen LogP contribution in [0.1, 0.15) is 31.2 Å². The summed E-state index contributed by atoms with van der Waals surface area (Å²) in [6.45, 7) is 5.77. The fourth-order valence-corrected chi connectivity index (χ4v) is 9.28. The Morgan fingerprint density at radius 3 is 2.67 bits per heavy atom. The molecule has 4 aliphatic heterocycles. The lowest BCUT2D eigenvalue weighted by atomic mass is 9.92. The summed E-state index contributed by atoms with van der Waals surface area (Å²) in [4.78, 5) is 16.3. The van der Waals surface area contributed by atoms with E-state index in [1.165, 1.54) is 12.1 Å². The number of nitriles is 1. The lowest BCUT2D eigenvalue weighted by molar-refractivity contribution is -0.141. The summed E-state index contributed by atoms with van der Waals surface area (Å²) in [5, 5.41) is 10.8. The van der Waals surface area contributed by atoms with Crippen LogP contribution < -0.4 is 15.4 Å². The summed E-state index contributed by atoms with van der Waals surface area (Å²) < 4.78 is 44.6. The number of likely N-dealkylation sites (N-methyl/N-ethyl adjacent to an activating group) is 1. The average Bonchev–Trinajstić information content (AvgIpc) is 3.69. The number of anilines is 2. The highest BCUT2D eigenvalue weighted by Gasteiger charge is 2.47. The standard InChI is InChI=1S/C32H32ClF2N7O2S/c1-40-14-32(15-40)16-41(10-11-44-32)29-19-12-21(33)24(18-4-5-22(34)27-23(18)20(13-36)28(37)45-27)25(35)26(19)38-30(39-29)43-17-31-6-2-8-42(31)9-3-7-31/h4-5,12H,2-3,6-11,14-17,37H2,1H3. The molecule has 4 fully saturated rings. The van der Waals surface area contributed by atoms with Gasteiger partial charge in [-0.3, -0.25) is 4.90 Å². The smallest absolute Gasteiger partial charge is 0.319 e. The summed E-state index contributed by atoms with van der Waals surface area (Å²) in [7, 11) is 2.05. The van der Waals surface area contributed by atoms with Crippen molar-refractivity contribution in [1.29, 1.82) is 5.26 Å². The zero-order valence-corrected chi connectivity index (χ0v) is 26.4. The largest absolute Gasteiger partial charge is 0.461 e. The van der Waals surface area contributed by atoms with Crippen LogP contribution >= 0.6 is 22.9 Å². The zero-order chi connectivity index (χ0) is 31.1. The number of halogens is 3. The predicted molar refractivity (Wildman–Crippen MR) is 171 cm³/mol. The number of aromatic nitrogens is 2. The first-order valence-corrected chi connectivity index (χ1v) is 16.5. The fourth-order valence-electron chi connectivity index (χ4n) is 8.04. The van der Waals surface area contributed by atoms with Gasteiger partial charge in [0.05, 0.1) is 34.0 Å². The van der Waals surface area contributed by atoms with Gasteiger partial charge in [0.2, 0.25) is 0 Å². The maximum absolute atomic E-state index is 17.0. The van der Waals surface area contributed by atoms with Crippen molar-refractivity contribution in [1.82, 2.24) is 19.8 Å². The normalized spacial score (nSPS) is 21.0. The van der Waals surface area contributed by atoms with Crippen LogP contribution in [0.25, 0.3) is 32.1 Å². The van der Waals surface area contributed by atoms with Gasteiger partial charge >= 0.3 is 6.01 Å². The number of hydrogen-bond donors (Lipinski definition) is 1. The first-order chi connectivity index (χ1) is 21.7. The predicted octanol–water partition coefficient (Wildman–Crippen LogP) is 5.42. The molecule has 6 heterocycles. The van der Waals surface area contributed by atoms with Crippen molar-refractivity contribution in [2.75, 3.05) is 70.2 Å². The van der Waals surface area contributed by atoms with E-state index >= 15 is 4.39 Å². The number of nitrogen functional groups attached to an aromatic ring is 1. The molecule has 1 spiro atoms. The van der Waals surface area contributed by atoms with Crippen LogP contribution in [-0.2, 0) is 4.74 Å². The van der Waals surface area contributed by atoms with E-state index in [0.29, 0.717) is 37.5 Å². The molecule has 9 nitrogen and oxygen atoms in total. The van der Waals surface area contributed by atoms with Gasteiger partial charge in [-0.1, -0.05) is 17.7 Å². The number of hydrogen-bond acceptors (Lipinski definition) is 10. The third kappa shape index (κ3) is 4.54. The first-order valence-electron chi connectivity index (χ1n) is 15.3. The van der Waals surface area contributed by atoms with Gasteiger partial charge < -0.3 is 25.0 Å². The Balaban J connectivity index is 1.29. The van der Waals surface area contributed by atoms with E-state index in [4.69, 9.17) is 31.8 Å². The Labute approximate surface area is 268 Å². The molecule has 45 heavy (non-hydrogen) atoms. The minimum atomic E-state index is -0.694. The van der Waals surface area contributed by atoms with E-state index in [9.17, 15) is 9.65 Å². The minimum Gasteiger partial charge on any atom is -0.461 e. The van der Waals surface area contributed by atoms with E-state index in [0.717, 1.165) is 63.2 Å². The van der Waals surface area contributed by atoms with Gasteiger partial charge in [0.1, 0.15) is 40.4 Å². The molecule has 2 N–H and O–H groups in total. The Morgan fingerprint density at radius 1 is 1.16 bits per heavy atom. The summed E-state index contributed by atoms with van der Waals surface area (Å²) in [5.41, 5.74) is 6.14. The van der Waals surface area contributed by atoms with E-state index in [1.807, 2.05) is 0 Å². The molecule has 0 amide bonds. The number of thiophene rings is 1. The SMILES string of the molecule is CN1CC2(C1)CN(c1nc(OCC34CCCN3CCC4)nc3c(F)c(-c4ccc(F)c5sc(N)c(C#N)c45)c(Cl)cc13)CCO2. The molecular formula is C32H32ClF2N7O2S. The highest BCUT2D eigenvalue weighted by atomic mass is 35.5. The highest BCUT2D eigenvalue weighted by molar-refractivity contribution is 7.23. The number of nitrogens with zero attached hydrogens (tertiary/aromatic N) is 6. The second-order valence-corrected chi connectivity index (χ2v) is 14.3. The quantitative estimate of drug-likeness (QED) is 0.303. The molecule has 4 aromatic rings. The van der Waals surface area contributed by atoms with Crippen molar-refractivity contribution < 1.29 is 18.3 Å². The van der Waals surface area contributed by atoms with Crippen LogP contribution in [0.2, 0.25) is 5.02 Å². The van der Waals surface area contributed by atoms with Gasteiger partial charge in [-0.25, -0.2) is 8.78 Å². The van der Waals surface area contributed by atoms with Gasteiger partial charge in [-0.05, 0) is 63.5 Å². The molecule has 0 bridgehead atoms. The van der Waals surface area contributed by atoms with Crippen LogP contribution in [0.5, 0.6) is 6.01 Å². The summed E-state index contributed by atoms with van der Waals surface area (Å²) >= 11 is 7.82. The second-order valence-electron chi connectivity index (χ2n) is 12.9. The van der Waals surface area contributed by atoms with E-state index in [1.54, 1.807) is 6.07 Å². The first kappa shape index (κ1) is 29.1. The molecule has 4 aliphatic rings. The Kier molecular flexibility index (Phi) is 6.85. The molecular weight excluding hydrogens is 620 g/mol. The lowest BCUT2D eigenvalue weighted by Crippen LogP contribution is -2.69. The number of rotatable bonds is 5. The second kappa shape index (κ2) is 10.6. The average molecular weight is 652 g/mol. The van der Waals surface area contributed by atoms with E-state index < -0.39 is 11.6 Å². The van der Waals surface area contributed by atoms with Crippen LogP contribution in [0, 0.1) is 23.0 Å². The molecule has 2 aromatic heterocycles. The van der Waals surface area contributed by atoms with Crippen LogP contribution in [0.4, 0.5) is 19.6 Å². The van der Waals surface area contributed by atoms with Crippen molar-refractivity contribution in [2.24, 2.45) is 0 Å². The molecule has 0 radical (unpaired) electrons. The fraction of sp³-hybridized carbons (Fsp3) is 0.469. The zero-order valence-electron chi connectivity index (χ0n) is 24.8. The number of fused-ring (bicyclic) bond motifs is 3. The number of morpholine rings is 1. The highest BCUT2D eigenvalue weighted by Crippen LogP contribution is 2.46. The van der Waals surface area contributed by atoms with Crippen LogP contribution in [0.15, 0.2) is 18.2 Å². The maximum Gasteiger partial charge on any atom is 0.319 e. The Morgan fingerprint density at radius 2 is 1.93 bits per heavy atom. The number of benzene rings is 2. The molecule has 0 atom stereocenters. The molecule has 0 unspecified atom stereocenters. The Hall–Kier alpha value is -3.34. The number of nitrogens with two attached hydrogens (primary N) is 1. The molecule has 8 rings (SSSR count). The van der Waals surface area contributed by atoms with Crippen LogP contribution in [-0.4, -0.2) is 90.4 Å². The third-order valence-corrected chi connectivity index (χ3v) is 11.3. The maximum atomic E-state index is 17.0. The van der Waals surface area contributed by atoms with Gasteiger partial charge in [0, 0.05) is 36.0 Å². The molecule has 13 heteroatoms. The third-order valence-electron chi connectivity index (χ3n) is 9.99. The topological polar surface area (TPSA) is 104 Å². The van der Waals surface area contributed by atoms with Gasteiger partial charge in [0.15, 0.2) is 5.82 Å². The summed E-state index contributed by atoms with van der Waals surface area (Å²) in [5.74, 6) is -0.700. The monoisotopic (exact) mass is 651 g/mol. The van der Waals surface area contributed by atoms with Crippen molar-refractivity contribution in [3.8, 4) is 23.2 Å². The minimum absolute atomic E-state index is 0.0227. The lowest BCUT2D eigenvalue weighted by Gasteiger charge is -2.53. The molecule has 0 saturated carbocycles. The number of likely N-dealkylation sites (tertiary alicyclic amines) is 1. The van der Waals surface area contributed by atoms with E-state index in [-0.39, 0.29) is 59.5 Å². The Bertz CT molecular complexity index is 1890. The van der Waals surface area contributed by atoms with Crippen molar-refractivity contribution >= 4 is 54.7 Å². The van der Waals surface area contributed by atoms with Crippen molar-refractivity contribution in [3.05, 3.63) is 40.4 Å². The molecule has 0 aliphatic carbocycles.